The predicted octanol–water partition coefficient (Wildman–Crippen LogP) is 5.02. The minimum absolute atomic E-state index is 0.0413. The Morgan fingerprint density at radius 1 is 1.12 bits per heavy atom. The van der Waals surface area contributed by atoms with Gasteiger partial charge in [-0.3, -0.25) is 4.79 Å². The lowest BCUT2D eigenvalue weighted by Crippen LogP contribution is -2.50. The number of hydrogen-bond donors (Lipinski definition) is 1. The number of carbonyl (C=O) groups excluding carboxylic acids is 2. The van der Waals surface area contributed by atoms with Crippen LogP contribution in [0.5, 0.6) is 0 Å². The molecule has 2 amide bonds. The van der Waals surface area contributed by atoms with Crippen molar-refractivity contribution in [3.8, 4) is 11.1 Å². The summed E-state index contributed by atoms with van der Waals surface area (Å²) >= 11 is 6.58. The summed E-state index contributed by atoms with van der Waals surface area (Å²) < 4.78 is 11.0. The molecule has 0 aliphatic heterocycles. The number of nitrogens with two attached hydrogens (primary N) is 1. The molecule has 1 fully saturated rings. The predicted molar refractivity (Wildman–Crippen MR) is 125 cm³/mol. The monoisotopic (exact) mass is 458 g/mol. The van der Waals surface area contributed by atoms with Crippen molar-refractivity contribution in [3.05, 3.63) is 59.1 Å². The standard InChI is InChI=1S/C25H31ClN2O4/c1-25(2,3)32-24(30)28(20-11-18(12-20)15-31-16-23(27)29)14-17-9-10-21(22(26)13-17)19-7-5-4-6-8-19/h4-10,13,18,20H,11-12,14-16H2,1-3H3,(H2,27,29). The van der Waals surface area contributed by atoms with Crippen LogP contribution in [0, 0.1) is 5.92 Å². The summed E-state index contributed by atoms with van der Waals surface area (Å²) in [5.74, 6) is -0.194. The van der Waals surface area contributed by atoms with Crippen LogP contribution in [0.3, 0.4) is 0 Å². The fraction of sp³-hybridized carbons (Fsp3) is 0.440. The highest BCUT2D eigenvalue weighted by Gasteiger charge is 2.38. The third-order valence-electron chi connectivity index (χ3n) is 5.35. The lowest BCUT2D eigenvalue weighted by molar-refractivity contribution is -0.123. The third kappa shape index (κ3) is 6.71. The van der Waals surface area contributed by atoms with E-state index < -0.39 is 11.5 Å². The van der Waals surface area contributed by atoms with Gasteiger partial charge in [0.1, 0.15) is 12.2 Å². The van der Waals surface area contributed by atoms with Crippen LogP contribution in [0.25, 0.3) is 11.1 Å². The molecule has 2 N–H and O–H groups in total. The van der Waals surface area contributed by atoms with E-state index >= 15 is 0 Å². The Morgan fingerprint density at radius 2 is 1.81 bits per heavy atom. The second-order valence-electron chi connectivity index (χ2n) is 9.26. The van der Waals surface area contributed by atoms with E-state index in [0.29, 0.717) is 18.2 Å². The van der Waals surface area contributed by atoms with Crippen molar-refractivity contribution in [2.45, 2.75) is 51.8 Å². The topological polar surface area (TPSA) is 81.9 Å². The van der Waals surface area contributed by atoms with Crippen LogP contribution in [-0.4, -0.2) is 41.8 Å². The molecule has 6 nitrogen and oxygen atoms in total. The lowest BCUT2D eigenvalue weighted by Gasteiger charge is -2.43. The van der Waals surface area contributed by atoms with Gasteiger partial charge in [-0.15, -0.1) is 0 Å². The highest BCUT2D eigenvalue weighted by atomic mass is 35.5. The van der Waals surface area contributed by atoms with E-state index in [4.69, 9.17) is 26.8 Å². The van der Waals surface area contributed by atoms with E-state index in [1.165, 1.54) is 0 Å². The molecule has 0 bridgehead atoms. The number of amides is 2. The fourth-order valence-corrected chi connectivity index (χ4v) is 4.10. The maximum absolute atomic E-state index is 13.0. The van der Waals surface area contributed by atoms with Crippen molar-refractivity contribution in [3.63, 3.8) is 0 Å². The second-order valence-corrected chi connectivity index (χ2v) is 9.67. The number of ether oxygens (including phenoxy) is 2. The second kappa shape index (κ2) is 10.4. The number of primary amides is 1. The van der Waals surface area contributed by atoms with Gasteiger partial charge in [0.15, 0.2) is 0 Å². The van der Waals surface area contributed by atoms with Gasteiger partial charge >= 0.3 is 6.09 Å². The van der Waals surface area contributed by atoms with Gasteiger partial charge in [-0.05, 0) is 56.7 Å². The number of halogens is 1. The summed E-state index contributed by atoms with van der Waals surface area (Å²) in [6, 6.07) is 15.9. The Labute approximate surface area is 194 Å². The Morgan fingerprint density at radius 3 is 2.41 bits per heavy atom. The molecule has 0 aromatic heterocycles. The molecule has 1 aliphatic rings. The molecule has 0 unspecified atom stereocenters. The number of nitrogens with zero attached hydrogens (tertiary/aromatic N) is 1. The molecule has 32 heavy (non-hydrogen) atoms. The summed E-state index contributed by atoms with van der Waals surface area (Å²) in [5, 5.41) is 0.643. The Balaban J connectivity index is 1.70. The van der Waals surface area contributed by atoms with E-state index in [-0.39, 0.29) is 24.7 Å². The summed E-state index contributed by atoms with van der Waals surface area (Å²) in [6.07, 6.45) is 1.23. The Kier molecular flexibility index (Phi) is 7.80. The van der Waals surface area contributed by atoms with Crippen molar-refractivity contribution in [1.82, 2.24) is 4.90 Å². The molecule has 2 aromatic carbocycles. The van der Waals surface area contributed by atoms with Gasteiger partial charge in [0.25, 0.3) is 0 Å². The SMILES string of the molecule is CC(C)(C)OC(=O)N(Cc1ccc(-c2ccccc2)c(Cl)c1)C1CC(COCC(N)=O)C1. The highest BCUT2D eigenvalue weighted by Crippen LogP contribution is 2.35. The van der Waals surface area contributed by atoms with Gasteiger partial charge in [-0.1, -0.05) is 54.1 Å². The van der Waals surface area contributed by atoms with E-state index in [9.17, 15) is 9.59 Å². The molecule has 0 heterocycles. The van der Waals surface area contributed by atoms with Crippen molar-refractivity contribution in [2.75, 3.05) is 13.2 Å². The molecule has 0 saturated heterocycles. The molecule has 0 spiro atoms. The quantitative estimate of drug-likeness (QED) is 0.601. The average Bonchev–Trinajstić information content (AvgIpc) is 2.67. The zero-order chi connectivity index (χ0) is 23.3. The van der Waals surface area contributed by atoms with E-state index in [1.54, 1.807) is 4.90 Å². The molecule has 0 radical (unpaired) electrons. The van der Waals surface area contributed by atoms with Crippen LogP contribution in [-0.2, 0) is 20.8 Å². The number of carbonyl (C=O) groups is 2. The van der Waals surface area contributed by atoms with Crippen LogP contribution >= 0.6 is 11.6 Å². The summed E-state index contributed by atoms with van der Waals surface area (Å²) in [6.45, 7) is 6.35. The number of hydrogen-bond acceptors (Lipinski definition) is 4. The molecule has 1 saturated carbocycles. The molecule has 0 atom stereocenters. The molecule has 7 heteroatoms. The minimum atomic E-state index is -0.585. The summed E-state index contributed by atoms with van der Waals surface area (Å²) in [7, 11) is 0. The van der Waals surface area contributed by atoms with Gasteiger partial charge in [0, 0.05) is 23.2 Å². The van der Waals surface area contributed by atoms with Crippen molar-refractivity contribution >= 4 is 23.6 Å². The number of rotatable bonds is 8. The van der Waals surface area contributed by atoms with Crippen molar-refractivity contribution in [1.29, 1.82) is 0 Å². The van der Waals surface area contributed by atoms with Gasteiger partial charge in [0.2, 0.25) is 5.91 Å². The fourth-order valence-electron chi connectivity index (χ4n) is 3.79. The zero-order valence-corrected chi connectivity index (χ0v) is 19.6. The summed E-state index contributed by atoms with van der Waals surface area (Å²) in [4.78, 5) is 25.6. The zero-order valence-electron chi connectivity index (χ0n) is 18.8. The molecule has 3 rings (SSSR count). The number of benzene rings is 2. The normalized spacial score (nSPS) is 18.0. The molecule has 2 aromatic rings. The van der Waals surface area contributed by atoms with Gasteiger partial charge in [0.05, 0.1) is 6.61 Å². The Bertz CT molecular complexity index is 937. The van der Waals surface area contributed by atoms with Gasteiger partial charge in [-0.25, -0.2) is 4.79 Å². The van der Waals surface area contributed by atoms with Gasteiger partial charge in [-0.2, -0.15) is 0 Å². The first-order valence-corrected chi connectivity index (χ1v) is 11.2. The summed E-state index contributed by atoms with van der Waals surface area (Å²) in [5.41, 5.74) is 7.47. The third-order valence-corrected chi connectivity index (χ3v) is 5.66. The molecule has 172 valence electrons. The van der Waals surface area contributed by atoms with Crippen LogP contribution < -0.4 is 5.73 Å². The first kappa shape index (κ1) is 24.1. The largest absolute Gasteiger partial charge is 0.444 e. The van der Waals surface area contributed by atoms with Crippen LogP contribution in [0.1, 0.15) is 39.2 Å². The highest BCUT2D eigenvalue weighted by molar-refractivity contribution is 6.33. The van der Waals surface area contributed by atoms with Crippen LogP contribution in [0.15, 0.2) is 48.5 Å². The lowest BCUT2D eigenvalue weighted by atomic mass is 9.80. The van der Waals surface area contributed by atoms with Crippen molar-refractivity contribution in [2.24, 2.45) is 11.7 Å². The van der Waals surface area contributed by atoms with Gasteiger partial charge < -0.3 is 20.1 Å². The first-order chi connectivity index (χ1) is 15.1. The maximum Gasteiger partial charge on any atom is 0.410 e. The smallest absolute Gasteiger partial charge is 0.410 e. The average molecular weight is 459 g/mol. The molecular formula is C25H31ClN2O4. The Hall–Kier alpha value is -2.57. The van der Waals surface area contributed by atoms with E-state index in [2.05, 4.69) is 0 Å². The maximum atomic E-state index is 13.0. The van der Waals surface area contributed by atoms with Crippen molar-refractivity contribution < 1.29 is 19.1 Å². The van der Waals surface area contributed by atoms with E-state index in [1.807, 2.05) is 69.3 Å². The van der Waals surface area contributed by atoms with Crippen LogP contribution in [0.2, 0.25) is 5.02 Å². The minimum Gasteiger partial charge on any atom is -0.444 e. The van der Waals surface area contributed by atoms with Crippen LogP contribution in [0.4, 0.5) is 4.79 Å². The van der Waals surface area contributed by atoms with E-state index in [0.717, 1.165) is 29.5 Å². The molecule has 1 aliphatic carbocycles. The molecular weight excluding hydrogens is 428 g/mol. The first-order valence-electron chi connectivity index (χ1n) is 10.8.